The topological polar surface area (TPSA) is 90.7 Å². The van der Waals surface area contributed by atoms with Crippen molar-refractivity contribution in [2.24, 2.45) is 5.73 Å². The van der Waals surface area contributed by atoms with Crippen molar-refractivity contribution in [3.8, 4) is 5.75 Å². The van der Waals surface area contributed by atoms with E-state index >= 15 is 0 Å². The standard InChI is InChI=1S/C12H14N2O4/c1-17-8-2-3-10-7(4-8)5-9(18-12(13)16)6-11(15)14-10/h2-4,9H,5-6H2,1H3,(H2,13,16)(H,14,15). The van der Waals surface area contributed by atoms with E-state index in [-0.39, 0.29) is 12.3 Å². The molecule has 1 atom stereocenters. The van der Waals surface area contributed by atoms with Gasteiger partial charge in [-0.15, -0.1) is 0 Å². The molecule has 96 valence electrons. The smallest absolute Gasteiger partial charge is 0.404 e. The molecule has 6 nitrogen and oxygen atoms in total. The highest BCUT2D eigenvalue weighted by Crippen LogP contribution is 2.27. The number of methoxy groups -OCH3 is 1. The Balaban J connectivity index is 2.28. The fourth-order valence-electron chi connectivity index (χ4n) is 1.96. The maximum Gasteiger partial charge on any atom is 0.404 e. The summed E-state index contributed by atoms with van der Waals surface area (Å²) in [6, 6.07) is 5.32. The number of hydrogen-bond acceptors (Lipinski definition) is 4. The van der Waals surface area contributed by atoms with Crippen LogP contribution >= 0.6 is 0 Å². The van der Waals surface area contributed by atoms with Crippen molar-refractivity contribution in [2.45, 2.75) is 18.9 Å². The number of fused-ring (bicyclic) bond motifs is 1. The van der Waals surface area contributed by atoms with Gasteiger partial charge in [0.05, 0.1) is 13.5 Å². The molecule has 0 aliphatic carbocycles. The van der Waals surface area contributed by atoms with Gasteiger partial charge < -0.3 is 20.5 Å². The summed E-state index contributed by atoms with van der Waals surface area (Å²) in [5.74, 6) is 0.480. The summed E-state index contributed by atoms with van der Waals surface area (Å²) in [5, 5.41) is 2.75. The Morgan fingerprint density at radius 3 is 2.89 bits per heavy atom. The normalized spacial score (nSPS) is 18.3. The van der Waals surface area contributed by atoms with E-state index in [2.05, 4.69) is 5.32 Å². The minimum Gasteiger partial charge on any atom is -0.497 e. The van der Waals surface area contributed by atoms with Crippen LogP contribution < -0.4 is 15.8 Å². The second-order valence-electron chi connectivity index (χ2n) is 4.04. The Bertz CT molecular complexity index is 487. The second kappa shape index (κ2) is 4.95. The lowest BCUT2D eigenvalue weighted by Gasteiger charge is -2.13. The number of rotatable bonds is 2. The Kier molecular flexibility index (Phi) is 3.36. The SMILES string of the molecule is COc1ccc2c(c1)CC(OC(N)=O)CC(=O)N2. The second-order valence-corrected chi connectivity index (χ2v) is 4.04. The van der Waals surface area contributed by atoms with Crippen LogP contribution in [0.4, 0.5) is 10.5 Å². The Morgan fingerprint density at radius 2 is 2.22 bits per heavy atom. The molecule has 2 rings (SSSR count). The zero-order valence-corrected chi connectivity index (χ0v) is 9.93. The van der Waals surface area contributed by atoms with Crippen molar-refractivity contribution >= 4 is 17.7 Å². The van der Waals surface area contributed by atoms with E-state index in [9.17, 15) is 9.59 Å². The van der Waals surface area contributed by atoms with Crippen LogP contribution in [0.1, 0.15) is 12.0 Å². The third-order valence-electron chi connectivity index (χ3n) is 2.73. The molecule has 3 N–H and O–H groups in total. The molecule has 0 bridgehead atoms. The average Bonchev–Trinajstić information content (AvgIpc) is 2.44. The van der Waals surface area contributed by atoms with E-state index in [1.807, 2.05) is 0 Å². The predicted octanol–water partition coefficient (Wildman–Crippen LogP) is 1.04. The Labute approximate surface area is 104 Å². The lowest BCUT2D eigenvalue weighted by Crippen LogP contribution is -2.26. The number of ether oxygens (including phenoxy) is 2. The van der Waals surface area contributed by atoms with Gasteiger partial charge in [0.25, 0.3) is 0 Å². The lowest BCUT2D eigenvalue weighted by atomic mass is 10.1. The monoisotopic (exact) mass is 250 g/mol. The molecule has 1 heterocycles. The average molecular weight is 250 g/mol. The van der Waals surface area contributed by atoms with Gasteiger partial charge >= 0.3 is 6.09 Å². The summed E-state index contributed by atoms with van der Waals surface area (Å²) in [7, 11) is 1.56. The molecule has 18 heavy (non-hydrogen) atoms. The molecule has 0 fully saturated rings. The molecule has 6 heteroatoms. The minimum absolute atomic E-state index is 0.0972. The molecule has 0 saturated carbocycles. The van der Waals surface area contributed by atoms with Crippen molar-refractivity contribution in [3.05, 3.63) is 23.8 Å². The third kappa shape index (κ3) is 2.71. The molecule has 1 aliphatic heterocycles. The highest BCUT2D eigenvalue weighted by Gasteiger charge is 2.24. The van der Waals surface area contributed by atoms with Gasteiger partial charge in [-0.25, -0.2) is 4.79 Å². The zero-order chi connectivity index (χ0) is 13.1. The van der Waals surface area contributed by atoms with E-state index < -0.39 is 12.2 Å². The van der Waals surface area contributed by atoms with Gasteiger partial charge in [-0.3, -0.25) is 4.79 Å². The summed E-state index contributed by atoms with van der Waals surface area (Å²) in [4.78, 5) is 22.4. The van der Waals surface area contributed by atoms with Crippen LogP contribution in [0.3, 0.4) is 0 Å². The maximum absolute atomic E-state index is 11.6. The Morgan fingerprint density at radius 1 is 1.44 bits per heavy atom. The van der Waals surface area contributed by atoms with Crippen LogP contribution in [0, 0.1) is 0 Å². The number of benzene rings is 1. The highest BCUT2D eigenvalue weighted by molar-refractivity contribution is 5.93. The molecule has 1 aliphatic rings. The number of nitrogens with one attached hydrogen (secondary N) is 1. The van der Waals surface area contributed by atoms with Crippen molar-refractivity contribution in [3.63, 3.8) is 0 Å². The van der Waals surface area contributed by atoms with Gasteiger partial charge in [0, 0.05) is 12.1 Å². The fourth-order valence-corrected chi connectivity index (χ4v) is 1.96. The van der Waals surface area contributed by atoms with Crippen LogP contribution in [-0.4, -0.2) is 25.2 Å². The first-order valence-corrected chi connectivity index (χ1v) is 5.51. The number of carbonyl (C=O) groups is 2. The van der Waals surface area contributed by atoms with Gasteiger partial charge in [-0.1, -0.05) is 0 Å². The summed E-state index contributed by atoms with van der Waals surface area (Å²) in [6.45, 7) is 0. The van der Waals surface area contributed by atoms with E-state index in [1.165, 1.54) is 0 Å². The Hall–Kier alpha value is -2.24. The molecule has 0 radical (unpaired) electrons. The number of hydrogen-bond donors (Lipinski definition) is 2. The fraction of sp³-hybridized carbons (Fsp3) is 0.333. The van der Waals surface area contributed by atoms with Crippen molar-refractivity contribution < 1.29 is 19.1 Å². The van der Waals surface area contributed by atoms with Gasteiger partial charge in [-0.2, -0.15) is 0 Å². The first-order chi connectivity index (χ1) is 8.58. The van der Waals surface area contributed by atoms with Crippen LogP contribution in [0.2, 0.25) is 0 Å². The maximum atomic E-state index is 11.6. The first kappa shape index (κ1) is 12.2. The van der Waals surface area contributed by atoms with E-state index in [1.54, 1.807) is 25.3 Å². The molecule has 2 amide bonds. The van der Waals surface area contributed by atoms with Crippen molar-refractivity contribution in [1.82, 2.24) is 0 Å². The van der Waals surface area contributed by atoms with Crippen molar-refractivity contribution in [2.75, 3.05) is 12.4 Å². The van der Waals surface area contributed by atoms with Gasteiger partial charge in [0.15, 0.2) is 0 Å². The number of anilines is 1. The molecular weight excluding hydrogens is 236 g/mol. The largest absolute Gasteiger partial charge is 0.497 e. The van der Waals surface area contributed by atoms with Gasteiger partial charge in [0.2, 0.25) is 5.91 Å². The number of nitrogens with two attached hydrogens (primary N) is 1. The van der Waals surface area contributed by atoms with Crippen LogP contribution in [0.5, 0.6) is 5.75 Å². The summed E-state index contributed by atoms with van der Waals surface area (Å²) in [5.41, 5.74) is 6.54. The molecule has 1 unspecified atom stereocenters. The molecule has 1 aromatic carbocycles. The molecule has 1 aromatic rings. The van der Waals surface area contributed by atoms with Gasteiger partial charge in [0.1, 0.15) is 11.9 Å². The lowest BCUT2D eigenvalue weighted by molar-refractivity contribution is -0.117. The number of carbonyl (C=O) groups excluding carboxylic acids is 2. The number of amides is 2. The van der Waals surface area contributed by atoms with Crippen molar-refractivity contribution in [1.29, 1.82) is 0 Å². The van der Waals surface area contributed by atoms with E-state index in [4.69, 9.17) is 15.2 Å². The van der Waals surface area contributed by atoms with Crippen LogP contribution in [0.25, 0.3) is 0 Å². The van der Waals surface area contributed by atoms with Crippen LogP contribution in [-0.2, 0) is 16.0 Å². The molecule has 0 saturated heterocycles. The molecule has 0 aromatic heterocycles. The molecular formula is C12H14N2O4. The third-order valence-corrected chi connectivity index (χ3v) is 2.73. The number of primary amides is 1. The predicted molar refractivity (Wildman–Crippen MR) is 64.4 cm³/mol. The first-order valence-electron chi connectivity index (χ1n) is 5.51. The zero-order valence-electron chi connectivity index (χ0n) is 9.93. The quantitative estimate of drug-likeness (QED) is 0.820. The summed E-state index contributed by atoms with van der Waals surface area (Å²) in [6.07, 6.45) is -0.899. The van der Waals surface area contributed by atoms with E-state index in [0.717, 1.165) is 5.56 Å². The van der Waals surface area contributed by atoms with Crippen LogP contribution in [0.15, 0.2) is 18.2 Å². The molecule has 0 spiro atoms. The summed E-state index contributed by atoms with van der Waals surface area (Å²) < 4.78 is 10.0. The minimum atomic E-state index is -0.876. The van der Waals surface area contributed by atoms with E-state index in [0.29, 0.717) is 17.9 Å². The highest BCUT2D eigenvalue weighted by atomic mass is 16.6. The summed E-state index contributed by atoms with van der Waals surface area (Å²) >= 11 is 0. The van der Waals surface area contributed by atoms with Gasteiger partial charge in [-0.05, 0) is 23.8 Å².